The van der Waals surface area contributed by atoms with Crippen molar-refractivity contribution in [3.05, 3.63) is 232 Å². The average Bonchev–Trinajstić information content (AvgIpc) is 0.753. The predicted octanol–water partition coefficient (Wildman–Crippen LogP) is 27.1. The molecule has 616 valence electrons. The summed E-state index contributed by atoms with van der Waals surface area (Å²) in [5.74, 6) is 1.76. The van der Waals surface area contributed by atoms with Gasteiger partial charge in [-0.25, -0.2) is 0 Å². The van der Waals surface area contributed by atoms with Crippen molar-refractivity contribution in [3.8, 4) is 23.0 Å². The number of nitrogens with zero attached hydrogens (tertiary/aromatic N) is 4. The van der Waals surface area contributed by atoms with E-state index in [1.165, 1.54) is 88.0 Å². The molecule has 8 aromatic rings. The van der Waals surface area contributed by atoms with Crippen LogP contribution in [0.4, 0.5) is 0 Å². The molecule has 0 heterocycles. The Kier molecular flexibility index (Phi) is 53.8. The van der Waals surface area contributed by atoms with E-state index in [1.807, 2.05) is 19.9 Å². The molecule has 0 amide bonds. The first-order valence-electron chi connectivity index (χ1n) is 37.6. The second-order valence-corrected chi connectivity index (χ2v) is 46.9. The van der Waals surface area contributed by atoms with Crippen molar-refractivity contribution >= 4 is 151 Å². The summed E-state index contributed by atoms with van der Waals surface area (Å²) in [6.45, 7) is 63.3. The van der Waals surface area contributed by atoms with Crippen LogP contribution in [-0.2, 0) is 89.8 Å². The minimum absolute atomic E-state index is 0.0341. The van der Waals surface area contributed by atoms with E-state index in [9.17, 15) is 20.4 Å². The number of aromatic hydroxyl groups is 4. The van der Waals surface area contributed by atoms with E-state index in [0.717, 1.165) is 69.7 Å². The SMILES string of the molecule is CC[N-]C(C)c1cccc(C)c1Pc1cc(C(C)(C)C)cc(C(C)(C)C)c1O.CC[N-]C(C)c1cccc(C)c1Pc1cc(C(C)(C)C)cc(C)c1O.CC[N-]C(C)c1cccc(C)c1Pc1cc(C)cc(C(C)(C)C)c1O.CC[N-]C(C)c1cccc(C)c1Pc1cc(C)cc(C)c1O.[Cl][Ti][Cl].[Cl][Ti][Cl].[Cl][Ti][Cl].[Cl][Ti][Cl]. The Balaban J connectivity index is 0.000000712. The molecule has 0 saturated carbocycles. The van der Waals surface area contributed by atoms with Crippen molar-refractivity contribution in [2.75, 3.05) is 26.2 Å². The fourth-order valence-electron chi connectivity index (χ4n) is 12.4. The zero-order valence-electron chi connectivity index (χ0n) is 71.3. The Labute approximate surface area is 751 Å². The van der Waals surface area contributed by atoms with Gasteiger partial charge in [-0.1, -0.05) is 292 Å². The quantitative estimate of drug-likeness (QED) is 0.0446. The Morgan fingerprint density at radius 2 is 0.527 bits per heavy atom. The molecule has 8 unspecified atom stereocenters. The summed E-state index contributed by atoms with van der Waals surface area (Å²) in [5.41, 5.74) is 19.0. The van der Waals surface area contributed by atoms with Crippen molar-refractivity contribution < 1.29 is 88.6 Å². The van der Waals surface area contributed by atoms with E-state index in [1.54, 1.807) is 0 Å². The molecule has 112 heavy (non-hydrogen) atoms. The summed E-state index contributed by atoms with van der Waals surface area (Å²) < 4.78 is 0. The monoisotopic (exact) mass is 1900 g/mol. The fraction of sp³-hybridized carbons (Fsp3) is 0.455. The first-order valence-corrected chi connectivity index (χ1v) is 58.8. The number of halogens is 8. The van der Waals surface area contributed by atoms with Crippen LogP contribution in [0.3, 0.4) is 0 Å². The predicted molar refractivity (Wildman–Crippen MR) is 497 cm³/mol. The summed E-state index contributed by atoms with van der Waals surface area (Å²) in [6, 6.07) is 43.5. The van der Waals surface area contributed by atoms with Gasteiger partial charge in [0.05, 0.1) is 0 Å². The van der Waals surface area contributed by atoms with E-state index in [0.29, 0.717) is 57.3 Å². The molecule has 0 spiro atoms. The van der Waals surface area contributed by atoms with Crippen LogP contribution in [0.25, 0.3) is 21.3 Å². The molecule has 0 aliphatic rings. The second-order valence-electron chi connectivity index (χ2n) is 31.4. The van der Waals surface area contributed by atoms with E-state index < -0.39 is 68.1 Å². The number of hydrogen-bond donors (Lipinski definition) is 4. The second kappa shape index (κ2) is 54.9. The summed E-state index contributed by atoms with van der Waals surface area (Å²) >= 11 is -2.22. The fourth-order valence-corrected chi connectivity index (χ4v) is 18.5. The van der Waals surface area contributed by atoms with E-state index in [4.69, 9.17) is 79.8 Å². The Morgan fingerprint density at radius 1 is 0.304 bits per heavy atom. The van der Waals surface area contributed by atoms with Crippen molar-refractivity contribution in [1.29, 1.82) is 0 Å². The first kappa shape index (κ1) is 110. The molecular weight excluding hydrogens is 1780 g/mol. The molecule has 24 heteroatoms. The summed E-state index contributed by atoms with van der Waals surface area (Å²) in [7, 11) is 40.8. The summed E-state index contributed by atoms with van der Waals surface area (Å²) in [5, 5.41) is 71.2. The van der Waals surface area contributed by atoms with Crippen LogP contribution >= 0.6 is 109 Å². The van der Waals surface area contributed by atoms with Gasteiger partial charge in [0.25, 0.3) is 0 Å². The van der Waals surface area contributed by atoms with Crippen LogP contribution in [0.1, 0.15) is 252 Å². The average molecular weight is 1900 g/mol. The molecular formula is C88H124Cl8N4O4P4Ti4-4. The van der Waals surface area contributed by atoms with Crippen molar-refractivity contribution in [2.45, 2.75) is 240 Å². The van der Waals surface area contributed by atoms with Crippen LogP contribution in [0, 0.1) is 55.4 Å². The molecule has 8 rings (SSSR count). The van der Waals surface area contributed by atoms with Crippen LogP contribution in [0.15, 0.2) is 121 Å². The summed E-state index contributed by atoms with van der Waals surface area (Å²) in [6.07, 6.45) is 0. The van der Waals surface area contributed by atoms with Crippen molar-refractivity contribution in [1.82, 2.24) is 0 Å². The zero-order chi connectivity index (χ0) is 85.9. The van der Waals surface area contributed by atoms with E-state index in [2.05, 4.69) is 311 Å². The third-order valence-corrected chi connectivity index (χ3v) is 24.7. The Morgan fingerprint density at radius 3 is 0.786 bits per heavy atom. The number of phenols is 4. The van der Waals surface area contributed by atoms with Gasteiger partial charge in [-0.15, -0.1) is 24.2 Å². The van der Waals surface area contributed by atoms with Gasteiger partial charge in [-0.05, 0) is 178 Å². The molecule has 0 bridgehead atoms. The van der Waals surface area contributed by atoms with Gasteiger partial charge >= 0.3 is 143 Å². The Bertz CT molecular complexity index is 4090. The molecule has 0 aromatic heterocycles. The molecule has 0 aliphatic heterocycles. The molecule has 0 aliphatic carbocycles. The number of aryl methyl sites for hydroxylation is 8. The van der Waals surface area contributed by atoms with Crippen LogP contribution in [-0.4, -0.2) is 46.6 Å². The molecule has 0 fully saturated rings. The van der Waals surface area contributed by atoms with E-state index >= 15 is 0 Å². The summed E-state index contributed by atoms with van der Waals surface area (Å²) in [4.78, 5) is 0. The van der Waals surface area contributed by atoms with Gasteiger partial charge in [-0.2, -0.15) is 26.2 Å². The molecule has 8 nitrogen and oxygen atoms in total. The molecule has 4 N–H and O–H groups in total. The number of benzene rings is 8. The zero-order valence-corrected chi connectivity index (χ0v) is 87.6. The van der Waals surface area contributed by atoms with Crippen LogP contribution < -0.4 is 42.4 Å². The maximum absolute atomic E-state index is 11.2. The third-order valence-electron chi connectivity index (χ3n) is 18.3. The van der Waals surface area contributed by atoms with Gasteiger partial charge in [0.1, 0.15) is 23.0 Å². The van der Waals surface area contributed by atoms with Crippen molar-refractivity contribution in [2.24, 2.45) is 0 Å². The van der Waals surface area contributed by atoms with E-state index in [-0.39, 0.29) is 45.8 Å². The number of phenolic OH excluding ortho intramolecular Hbond substituents is 4. The topological polar surface area (TPSA) is 137 Å². The Hall–Kier alpha value is -0.303. The van der Waals surface area contributed by atoms with Gasteiger partial charge in [0, 0.05) is 32.3 Å². The standard InChI is InChI=1S/C25H37NOP.2C22H31NOP.C19H25NOP.8ClH.4Ti/c1-10-26-17(3)19-13-11-12-16(2)23(19)28-21-15-18(24(4,5)6)14-20(22(21)27)25(7,8)9;1-8-23-16(4)17-11-9-10-15(3)21(17)25-19-13-14(2)12-18(20(19)24)22(5,6)7;1-8-23-16(4)18-11-9-10-14(2)21(18)25-19-13-17(22(5,6)7)12-15(3)20(19)24;1-6-20-15(5)16-9-7-8-13(3)19(16)22-17-11-12(2)10-14(4)18(17)21;;;;;;;;;;;;/h11-15,17,27-28H,10H2,1-9H3;2*9-13,16,24-25H,8H2,1-7H3;7-11,15,21-22H,6H2,1-5H3;8*1H;;;;/q4*-1;;;;;;;;;4*+2/p-8. The van der Waals surface area contributed by atoms with Crippen LogP contribution in [0.5, 0.6) is 23.0 Å². The number of rotatable bonds is 20. The molecule has 0 saturated heterocycles. The first-order chi connectivity index (χ1) is 52.2. The number of hydrogen-bond acceptors (Lipinski definition) is 4. The maximum atomic E-state index is 11.2. The van der Waals surface area contributed by atoms with Gasteiger partial charge < -0.3 is 41.7 Å². The molecule has 0 radical (unpaired) electrons. The normalized spacial score (nSPS) is 12.6. The van der Waals surface area contributed by atoms with Crippen LogP contribution in [0.2, 0.25) is 0 Å². The minimum atomic E-state index is -0.556. The van der Waals surface area contributed by atoms with Gasteiger partial charge in [0.2, 0.25) is 0 Å². The van der Waals surface area contributed by atoms with Gasteiger partial charge in [0.15, 0.2) is 0 Å². The van der Waals surface area contributed by atoms with Crippen molar-refractivity contribution in [3.63, 3.8) is 0 Å². The molecule has 8 atom stereocenters. The van der Waals surface area contributed by atoms with Gasteiger partial charge in [-0.3, -0.25) is 0 Å². The third kappa shape index (κ3) is 36.8. The molecule has 8 aromatic carbocycles.